The lowest BCUT2D eigenvalue weighted by atomic mass is 9.82. The normalized spacial score (nSPS) is 18.8. The number of rotatable bonds is 8. The number of nitrogens with one attached hydrogen (secondary N) is 2. The second-order valence-corrected chi connectivity index (χ2v) is 8.59. The van der Waals surface area contributed by atoms with Gasteiger partial charge in [-0.2, -0.15) is 0 Å². The summed E-state index contributed by atoms with van der Waals surface area (Å²) in [6.45, 7) is 4.34. The van der Waals surface area contributed by atoms with Crippen molar-refractivity contribution in [3.05, 3.63) is 53.0 Å². The Morgan fingerprint density at radius 2 is 1.91 bits per heavy atom. The van der Waals surface area contributed by atoms with Crippen LogP contribution in [0.25, 0.3) is 0 Å². The average molecular weight is 458 g/mol. The van der Waals surface area contributed by atoms with E-state index in [2.05, 4.69) is 15.6 Å². The van der Waals surface area contributed by atoms with E-state index in [1.54, 1.807) is 19.2 Å². The van der Waals surface area contributed by atoms with Crippen LogP contribution in [0, 0.1) is 24.6 Å². The number of benzene rings is 1. The average Bonchev–Trinajstić information content (AvgIpc) is 2.83. The van der Waals surface area contributed by atoms with Crippen LogP contribution < -0.4 is 15.4 Å². The number of methoxy groups -OCH3 is 2. The van der Waals surface area contributed by atoms with Crippen LogP contribution in [0.2, 0.25) is 0 Å². The van der Waals surface area contributed by atoms with Crippen molar-refractivity contribution in [2.24, 2.45) is 11.8 Å². The maximum atomic E-state index is 13.7. The summed E-state index contributed by atoms with van der Waals surface area (Å²) in [5, 5.41) is 6.26. The standard InChI is InChI=1S/C25H32FN3O4/c1-15-11-19(24(30)28-13-17-5-7-18(8-6-17)25(31)33-4)14-27-23(15)29-16(2)21-12-20(26)9-10-22(21)32-3/h9-12,14,16-18H,5-8,13H2,1-4H3,(H,27,29)(H,28,30)/t16?,17-,18-. The topological polar surface area (TPSA) is 89.5 Å². The zero-order chi connectivity index (χ0) is 24.0. The van der Waals surface area contributed by atoms with Crippen LogP contribution in [-0.2, 0) is 9.53 Å². The van der Waals surface area contributed by atoms with E-state index in [0.29, 0.717) is 35.2 Å². The molecule has 8 heteroatoms. The minimum Gasteiger partial charge on any atom is -0.496 e. The van der Waals surface area contributed by atoms with Crippen molar-refractivity contribution in [3.8, 4) is 5.75 Å². The van der Waals surface area contributed by atoms with E-state index in [1.807, 2.05) is 13.8 Å². The smallest absolute Gasteiger partial charge is 0.308 e. The number of anilines is 1. The molecule has 0 bridgehead atoms. The zero-order valence-corrected chi connectivity index (χ0v) is 19.6. The molecule has 3 rings (SSSR count). The second kappa shape index (κ2) is 11.1. The highest BCUT2D eigenvalue weighted by Crippen LogP contribution is 2.30. The van der Waals surface area contributed by atoms with Crippen molar-refractivity contribution < 1.29 is 23.5 Å². The molecule has 1 aliphatic carbocycles. The van der Waals surface area contributed by atoms with Crippen molar-refractivity contribution in [2.45, 2.75) is 45.6 Å². The van der Waals surface area contributed by atoms with Gasteiger partial charge in [-0.3, -0.25) is 9.59 Å². The van der Waals surface area contributed by atoms with Crippen molar-refractivity contribution >= 4 is 17.7 Å². The monoisotopic (exact) mass is 457 g/mol. The molecule has 178 valence electrons. The highest BCUT2D eigenvalue weighted by molar-refractivity contribution is 5.94. The van der Waals surface area contributed by atoms with Crippen LogP contribution in [0.5, 0.6) is 5.75 Å². The van der Waals surface area contributed by atoms with Gasteiger partial charge in [0.1, 0.15) is 17.4 Å². The molecular weight excluding hydrogens is 425 g/mol. The van der Waals surface area contributed by atoms with Gasteiger partial charge < -0.3 is 20.1 Å². The minimum absolute atomic E-state index is 0.0245. The summed E-state index contributed by atoms with van der Waals surface area (Å²) in [5.41, 5.74) is 1.98. The first-order valence-corrected chi connectivity index (χ1v) is 11.2. The third kappa shape index (κ3) is 6.21. The van der Waals surface area contributed by atoms with E-state index >= 15 is 0 Å². The molecule has 0 radical (unpaired) electrons. The molecular formula is C25H32FN3O4. The molecule has 1 atom stereocenters. The van der Waals surface area contributed by atoms with Crippen molar-refractivity contribution in [3.63, 3.8) is 0 Å². The number of pyridine rings is 1. The fraction of sp³-hybridized carbons (Fsp3) is 0.480. The number of aryl methyl sites for hydroxylation is 1. The van der Waals surface area contributed by atoms with Gasteiger partial charge in [-0.25, -0.2) is 9.37 Å². The van der Waals surface area contributed by atoms with Crippen molar-refractivity contribution in [1.29, 1.82) is 0 Å². The Balaban J connectivity index is 1.56. The van der Waals surface area contributed by atoms with Crippen LogP contribution in [0.4, 0.5) is 10.2 Å². The number of aromatic nitrogens is 1. The third-order valence-electron chi connectivity index (χ3n) is 6.28. The molecule has 33 heavy (non-hydrogen) atoms. The van der Waals surface area contributed by atoms with E-state index < -0.39 is 0 Å². The number of esters is 1. The van der Waals surface area contributed by atoms with Crippen LogP contribution in [-0.4, -0.2) is 37.6 Å². The molecule has 0 aliphatic heterocycles. The largest absolute Gasteiger partial charge is 0.496 e. The SMILES string of the molecule is COc1ccc(F)cc1C(C)Nc1ncc(C(=O)NC[C@H]2CC[C@H](C(=O)OC)CC2)cc1C. The van der Waals surface area contributed by atoms with Gasteiger partial charge in [0, 0.05) is 18.3 Å². The number of hydrogen-bond acceptors (Lipinski definition) is 6. The Kier molecular flexibility index (Phi) is 8.25. The van der Waals surface area contributed by atoms with Crippen LogP contribution >= 0.6 is 0 Å². The predicted molar refractivity (Wildman–Crippen MR) is 124 cm³/mol. The Bertz CT molecular complexity index is 990. The molecule has 1 aliphatic rings. The van der Waals surface area contributed by atoms with E-state index in [-0.39, 0.29) is 29.7 Å². The summed E-state index contributed by atoms with van der Waals surface area (Å²) < 4.78 is 23.9. The molecule has 1 fully saturated rings. The van der Waals surface area contributed by atoms with Gasteiger partial charge in [-0.05, 0) is 75.3 Å². The van der Waals surface area contributed by atoms with Gasteiger partial charge >= 0.3 is 5.97 Å². The first-order chi connectivity index (χ1) is 15.8. The van der Waals surface area contributed by atoms with Gasteiger partial charge in [-0.1, -0.05) is 0 Å². The maximum absolute atomic E-state index is 13.7. The van der Waals surface area contributed by atoms with Crippen LogP contribution in [0.3, 0.4) is 0 Å². The third-order valence-corrected chi connectivity index (χ3v) is 6.28. The number of amides is 1. The van der Waals surface area contributed by atoms with Gasteiger partial charge in [-0.15, -0.1) is 0 Å². The number of halogens is 1. The lowest BCUT2D eigenvalue weighted by molar-refractivity contribution is -0.146. The Morgan fingerprint density at radius 3 is 2.55 bits per heavy atom. The highest BCUT2D eigenvalue weighted by Gasteiger charge is 2.27. The number of ether oxygens (including phenoxy) is 2. The molecule has 1 heterocycles. The van der Waals surface area contributed by atoms with Crippen LogP contribution in [0.1, 0.15) is 60.1 Å². The molecule has 2 aromatic rings. The lowest BCUT2D eigenvalue weighted by Crippen LogP contribution is -2.32. The highest BCUT2D eigenvalue weighted by atomic mass is 19.1. The number of carbonyl (C=O) groups excluding carboxylic acids is 2. The predicted octanol–water partition coefficient (Wildman–Crippen LogP) is 4.42. The molecule has 1 saturated carbocycles. The summed E-state index contributed by atoms with van der Waals surface area (Å²) in [6, 6.07) is 5.93. The molecule has 1 aromatic heterocycles. The molecule has 7 nitrogen and oxygen atoms in total. The molecule has 1 amide bonds. The zero-order valence-electron chi connectivity index (χ0n) is 19.6. The van der Waals surface area contributed by atoms with E-state index in [9.17, 15) is 14.0 Å². The van der Waals surface area contributed by atoms with Gasteiger partial charge in [0.2, 0.25) is 0 Å². The van der Waals surface area contributed by atoms with E-state index in [4.69, 9.17) is 9.47 Å². The summed E-state index contributed by atoms with van der Waals surface area (Å²) in [5.74, 6) is 0.882. The quantitative estimate of drug-likeness (QED) is 0.571. The Morgan fingerprint density at radius 1 is 1.18 bits per heavy atom. The molecule has 1 aromatic carbocycles. The first kappa shape index (κ1) is 24.5. The molecule has 0 saturated heterocycles. The van der Waals surface area contributed by atoms with Gasteiger partial charge in [0.05, 0.1) is 31.7 Å². The van der Waals surface area contributed by atoms with E-state index in [0.717, 1.165) is 31.2 Å². The molecule has 1 unspecified atom stereocenters. The Hall–Kier alpha value is -3.16. The molecule has 2 N–H and O–H groups in total. The van der Waals surface area contributed by atoms with Crippen molar-refractivity contribution in [1.82, 2.24) is 10.3 Å². The minimum atomic E-state index is -0.338. The first-order valence-electron chi connectivity index (χ1n) is 11.2. The number of hydrogen-bond donors (Lipinski definition) is 2. The summed E-state index contributed by atoms with van der Waals surface area (Å²) in [6.07, 6.45) is 4.91. The maximum Gasteiger partial charge on any atom is 0.308 e. The summed E-state index contributed by atoms with van der Waals surface area (Å²) >= 11 is 0. The fourth-order valence-corrected chi connectivity index (χ4v) is 4.28. The fourth-order valence-electron chi connectivity index (χ4n) is 4.28. The summed E-state index contributed by atoms with van der Waals surface area (Å²) in [4.78, 5) is 28.7. The number of nitrogens with zero attached hydrogens (tertiary/aromatic N) is 1. The Labute approximate surface area is 194 Å². The second-order valence-electron chi connectivity index (χ2n) is 8.59. The number of carbonyl (C=O) groups is 2. The van der Waals surface area contributed by atoms with Crippen molar-refractivity contribution in [2.75, 3.05) is 26.1 Å². The molecule has 0 spiro atoms. The lowest BCUT2D eigenvalue weighted by Gasteiger charge is -2.27. The van der Waals surface area contributed by atoms with Gasteiger partial charge in [0.25, 0.3) is 5.91 Å². The van der Waals surface area contributed by atoms with Crippen LogP contribution in [0.15, 0.2) is 30.5 Å². The van der Waals surface area contributed by atoms with Gasteiger partial charge in [0.15, 0.2) is 0 Å². The van der Waals surface area contributed by atoms with E-state index in [1.165, 1.54) is 25.4 Å². The summed E-state index contributed by atoms with van der Waals surface area (Å²) in [7, 11) is 2.97.